The van der Waals surface area contributed by atoms with Crippen molar-refractivity contribution in [3.8, 4) is 0 Å². The van der Waals surface area contributed by atoms with E-state index in [1.807, 2.05) is 97.9 Å². The van der Waals surface area contributed by atoms with Gasteiger partial charge in [-0.3, -0.25) is 18.7 Å². The number of rotatable bonds is 13. The van der Waals surface area contributed by atoms with Crippen molar-refractivity contribution in [3.05, 3.63) is 138 Å². The number of Topliss-reactive ketones (excluding diaryl/α,β-unsaturated/α-hetero) is 1. The van der Waals surface area contributed by atoms with E-state index in [0.29, 0.717) is 16.6 Å². The molecule has 1 aromatic heterocycles. The molecule has 0 aliphatic carbocycles. The lowest BCUT2D eigenvalue weighted by Gasteiger charge is -2.53. The van der Waals surface area contributed by atoms with Gasteiger partial charge in [-0.15, -0.1) is 0 Å². The van der Waals surface area contributed by atoms with Crippen molar-refractivity contribution < 1.29 is 23.5 Å². The van der Waals surface area contributed by atoms with Crippen molar-refractivity contribution in [2.24, 2.45) is 20.0 Å². The Labute approximate surface area is 330 Å². The van der Waals surface area contributed by atoms with Gasteiger partial charge in [-0.2, -0.15) is 0 Å². The number of likely N-dealkylation sites (tertiary alicyclic amines) is 1. The molecule has 1 fully saturated rings. The van der Waals surface area contributed by atoms with Gasteiger partial charge in [0.2, 0.25) is 5.91 Å². The first kappa shape index (κ1) is 40.6. The minimum absolute atomic E-state index is 0.0730. The van der Waals surface area contributed by atoms with Gasteiger partial charge in [0.25, 0.3) is 0 Å². The number of carbonyl (C=O) groups is 3. The second kappa shape index (κ2) is 15.8. The van der Waals surface area contributed by atoms with Gasteiger partial charge in [0.1, 0.15) is 12.0 Å². The lowest BCUT2D eigenvalue weighted by Crippen LogP contribution is -2.69. The van der Waals surface area contributed by atoms with Gasteiger partial charge >= 0.3 is 11.7 Å². The van der Waals surface area contributed by atoms with Gasteiger partial charge in [-0.05, 0) is 59.2 Å². The Morgan fingerprint density at radius 2 is 1.32 bits per heavy atom. The number of aryl methyl sites for hydroxylation is 2. The van der Waals surface area contributed by atoms with Crippen molar-refractivity contribution >= 4 is 65.2 Å². The largest absolute Gasteiger partial charge is 0.457 e. The van der Waals surface area contributed by atoms with Crippen LogP contribution >= 0.6 is 6.89 Å². The Morgan fingerprint density at radius 3 is 1.80 bits per heavy atom. The van der Waals surface area contributed by atoms with Crippen molar-refractivity contribution in [1.29, 1.82) is 0 Å². The minimum Gasteiger partial charge on any atom is -0.457 e. The summed E-state index contributed by atoms with van der Waals surface area (Å²) >= 11 is 0. The maximum Gasteiger partial charge on any atom is 0.356 e. The van der Waals surface area contributed by atoms with Crippen LogP contribution in [0, 0.1) is 5.92 Å². The molecule has 0 unspecified atom stereocenters. The molecule has 6 rings (SSSR count). The number of hydrogen-bond donors (Lipinski definition) is 0. The lowest BCUT2D eigenvalue weighted by molar-refractivity contribution is -0.156. The molecule has 0 N–H and O–H groups in total. The van der Waals surface area contributed by atoms with E-state index in [1.54, 1.807) is 41.8 Å². The number of carbonyl (C=O) groups excluding carboxylic acids is 3. The molecule has 9 nitrogen and oxygen atoms in total. The average molecular weight is 790 g/mol. The number of imidazole rings is 1. The number of hydrogen-bond acceptors (Lipinski definition) is 6. The third kappa shape index (κ3) is 7.10. The fourth-order valence-electron chi connectivity index (χ4n) is 7.63. The van der Waals surface area contributed by atoms with E-state index in [1.165, 1.54) is 10.6 Å². The lowest BCUT2D eigenvalue weighted by atomic mass is 9.79. The van der Waals surface area contributed by atoms with Crippen LogP contribution in [0.25, 0.3) is 11.0 Å². The molecule has 0 bridgehead atoms. The second-order valence-corrected chi connectivity index (χ2v) is 24.1. The highest BCUT2D eigenvalue weighted by Crippen LogP contribution is 2.51. The van der Waals surface area contributed by atoms with Gasteiger partial charge in [0, 0.05) is 33.0 Å². The first-order valence-corrected chi connectivity index (χ1v) is 23.7. The summed E-state index contributed by atoms with van der Waals surface area (Å²) in [5, 5.41) is 2.42. The number of ketones is 1. The molecule has 0 saturated carbocycles. The first-order valence-electron chi connectivity index (χ1n) is 19.0. The summed E-state index contributed by atoms with van der Waals surface area (Å²) in [5.41, 5.74) is 1.73. The second-order valence-electron chi connectivity index (χ2n) is 16.0. The van der Waals surface area contributed by atoms with Crippen LogP contribution in [0.4, 0.5) is 0 Å². The van der Waals surface area contributed by atoms with Crippen LogP contribution in [-0.4, -0.2) is 64.2 Å². The number of fused-ring (bicyclic) bond motifs is 1. The summed E-state index contributed by atoms with van der Waals surface area (Å²) in [6.45, 7) is 13.2. The van der Waals surface area contributed by atoms with Crippen molar-refractivity contribution in [2.75, 3.05) is 6.61 Å². The zero-order valence-electron chi connectivity index (χ0n) is 33.6. The molecular weight excluding hydrogens is 738 g/mol. The Morgan fingerprint density at radius 1 is 0.821 bits per heavy atom. The normalized spacial score (nSPS) is 16.6. The Bertz CT molecular complexity index is 2290. The Hall–Kier alpha value is -5.02. The third-order valence-electron chi connectivity index (χ3n) is 11.5. The number of ether oxygens (including phenoxy) is 1. The molecule has 56 heavy (non-hydrogen) atoms. The average Bonchev–Trinajstić information content (AvgIpc) is 3.40. The Kier molecular flexibility index (Phi) is 11.5. The van der Waals surface area contributed by atoms with Gasteiger partial charge in [0.15, 0.2) is 14.1 Å². The summed E-state index contributed by atoms with van der Waals surface area (Å²) in [5.74, 6) is -1.91. The molecule has 3 atom stereocenters. The smallest absolute Gasteiger partial charge is 0.356 e. The molecular formula is C45H52N3O6PSi. The zero-order chi connectivity index (χ0) is 40.6. The molecule has 11 heteroatoms. The van der Waals surface area contributed by atoms with Crippen molar-refractivity contribution in [1.82, 2.24) is 14.0 Å². The van der Waals surface area contributed by atoms with E-state index in [4.69, 9.17) is 9.16 Å². The molecule has 2 heterocycles. The van der Waals surface area contributed by atoms with Crippen LogP contribution in [0.3, 0.4) is 0 Å². The maximum absolute atomic E-state index is 15.2. The number of esters is 1. The highest BCUT2D eigenvalue weighted by atomic mass is 31.2. The monoisotopic (exact) mass is 789 g/mol. The van der Waals surface area contributed by atoms with Crippen LogP contribution in [0.5, 0.6) is 0 Å². The predicted molar refractivity (Wildman–Crippen MR) is 230 cm³/mol. The Balaban J connectivity index is 1.64. The first-order chi connectivity index (χ1) is 26.6. The van der Waals surface area contributed by atoms with Gasteiger partial charge < -0.3 is 14.1 Å². The molecule has 0 spiro atoms. The third-order valence-corrected chi connectivity index (χ3v) is 20.4. The fraction of sp³-hybridized carbons (Fsp3) is 0.311. The van der Waals surface area contributed by atoms with Gasteiger partial charge in [0.05, 0.1) is 29.1 Å². The van der Waals surface area contributed by atoms with Crippen molar-refractivity contribution in [3.63, 3.8) is 0 Å². The van der Waals surface area contributed by atoms with Gasteiger partial charge in [-0.1, -0.05) is 124 Å². The van der Waals surface area contributed by atoms with E-state index in [9.17, 15) is 14.4 Å². The maximum atomic E-state index is 15.2. The molecule has 1 aliphatic rings. The summed E-state index contributed by atoms with van der Waals surface area (Å²) in [6.07, 6.45) is 0.857. The van der Waals surface area contributed by atoms with Crippen molar-refractivity contribution in [2.45, 2.75) is 64.4 Å². The molecule has 0 radical (unpaired) electrons. The number of amides is 1. The molecule has 5 aromatic rings. The standard InChI is InChI=1S/C45H52N3O6PSi/c1-10-28-53-43(51)42(55(33-20-14-11-15-21-33,34-22-16-12-17-23-34)35-24-18-13-19-25-35)48-38(40(41(48)50)31(2)54-56(8,9)45(3,4)5)30-39(49)32-26-27-36-37(29-32)47(7)44(52)46(36)6/h10-27,29,31,38,40H,1,28,30H2,2-9H3/t31-,38+,40+/m0/s1. The number of aromatic nitrogens is 2. The van der Waals surface area contributed by atoms with Gasteiger partial charge in [-0.25, -0.2) is 9.59 Å². The van der Waals surface area contributed by atoms with Crippen LogP contribution in [0.1, 0.15) is 44.5 Å². The summed E-state index contributed by atoms with van der Waals surface area (Å²) in [4.78, 5) is 59.1. The molecule has 292 valence electrons. The minimum atomic E-state index is -3.21. The molecule has 1 amide bonds. The van der Waals surface area contributed by atoms with E-state index >= 15 is 4.79 Å². The van der Waals surface area contributed by atoms with E-state index in [0.717, 1.165) is 15.9 Å². The predicted octanol–water partition coefficient (Wildman–Crippen LogP) is 6.54. The van der Waals surface area contributed by atoms with Crippen LogP contribution in [-0.2, 0) is 32.8 Å². The number of β-lactam (4-membered cyclic amide) rings is 1. The van der Waals surface area contributed by atoms with E-state index in [2.05, 4.69) is 40.4 Å². The SMILES string of the molecule is C=CCOC(=O)C(N1C(=O)[C@H]([C@H](C)O[Si](C)(C)C(C)(C)C)[C@H]1CC(=O)c1ccc2c(c1)n(C)c(=O)n2C)=P(c1ccccc1)(c1ccccc1)c1ccccc1. The summed E-state index contributed by atoms with van der Waals surface area (Å²) in [6, 6.07) is 33.9. The van der Waals surface area contributed by atoms with Crippen LogP contribution < -0.4 is 21.6 Å². The number of benzene rings is 4. The summed E-state index contributed by atoms with van der Waals surface area (Å²) in [7, 11) is 0.983. The molecule has 4 aromatic carbocycles. The van der Waals surface area contributed by atoms with Crippen LogP contribution in [0.2, 0.25) is 18.1 Å². The summed E-state index contributed by atoms with van der Waals surface area (Å²) < 4.78 is 15.9. The highest BCUT2D eigenvalue weighted by molar-refractivity contribution is 7.96. The zero-order valence-corrected chi connectivity index (χ0v) is 35.5. The fourth-order valence-corrected chi connectivity index (χ4v) is 13.5. The van der Waals surface area contributed by atoms with E-state index < -0.39 is 39.2 Å². The van der Waals surface area contributed by atoms with Crippen LogP contribution in [0.15, 0.2) is 127 Å². The highest BCUT2D eigenvalue weighted by Gasteiger charge is 2.57. The number of nitrogens with zero attached hydrogens (tertiary/aromatic N) is 3. The molecule has 1 saturated heterocycles. The van der Waals surface area contributed by atoms with E-state index in [-0.39, 0.29) is 40.9 Å². The quantitative estimate of drug-likeness (QED) is 0.0336. The topological polar surface area (TPSA) is 99.8 Å². The molecule has 1 aliphatic heterocycles.